The molecule has 1 aliphatic rings. The van der Waals surface area contributed by atoms with Gasteiger partial charge in [-0.1, -0.05) is 0 Å². The predicted octanol–water partition coefficient (Wildman–Crippen LogP) is 2.11. The zero-order chi connectivity index (χ0) is 22.1. The van der Waals surface area contributed by atoms with E-state index >= 15 is 0 Å². The third-order valence-electron chi connectivity index (χ3n) is 5.01. The van der Waals surface area contributed by atoms with Crippen molar-refractivity contribution in [3.05, 3.63) is 23.8 Å². The molecular formula is C21H30N2O6S. The average molecular weight is 439 g/mol. The van der Waals surface area contributed by atoms with Crippen molar-refractivity contribution in [2.75, 3.05) is 39.3 Å². The van der Waals surface area contributed by atoms with E-state index in [0.717, 1.165) is 18.6 Å². The standard InChI is InChI=1S/C21H30N2O6S/c1-14(24)23-10-7-16(8-11-23)29-18-6-5-15(13-19(18)27-2)20(25)22-17(9-12-30-4)21(26)28-3/h5-6,13,16-17H,7-12H2,1-4H3,(H,22,25). The van der Waals surface area contributed by atoms with Gasteiger partial charge in [0.2, 0.25) is 5.91 Å². The minimum atomic E-state index is -0.705. The highest BCUT2D eigenvalue weighted by atomic mass is 32.2. The molecule has 1 heterocycles. The number of esters is 1. The van der Waals surface area contributed by atoms with Gasteiger partial charge in [-0.05, 0) is 36.6 Å². The number of nitrogens with one attached hydrogen (secondary N) is 1. The smallest absolute Gasteiger partial charge is 0.328 e. The van der Waals surface area contributed by atoms with Gasteiger partial charge in [0.05, 0.1) is 14.2 Å². The second-order valence-electron chi connectivity index (χ2n) is 7.02. The van der Waals surface area contributed by atoms with E-state index < -0.39 is 12.0 Å². The second-order valence-corrected chi connectivity index (χ2v) is 8.01. The molecule has 8 nitrogen and oxygen atoms in total. The Balaban J connectivity index is 2.04. The maximum atomic E-state index is 12.6. The lowest BCUT2D eigenvalue weighted by atomic mass is 10.1. The lowest BCUT2D eigenvalue weighted by molar-refractivity contribution is -0.142. The van der Waals surface area contributed by atoms with Gasteiger partial charge in [0.1, 0.15) is 12.1 Å². The Morgan fingerprint density at radius 2 is 1.90 bits per heavy atom. The molecule has 30 heavy (non-hydrogen) atoms. The molecule has 0 bridgehead atoms. The largest absolute Gasteiger partial charge is 0.493 e. The van der Waals surface area contributed by atoms with Crippen LogP contribution in [0.3, 0.4) is 0 Å². The van der Waals surface area contributed by atoms with E-state index in [9.17, 15) is 14.4 Å². The number of ether oxygens (including phenoxy) is 3. The normalized spacial score (nSPS) is 15.3. The first-order valence-electron chi connectivity index (χ1n) is 9.87. The molecule has 9 heteroatoms. The van der Waals surface area contributed by atoms with Crippen LogP contribution in [0.4, 0.5) is 0 Å². The van der Waals surface area contributed by atoms with Crippen molar-refractivity contribution in [2.24, 2.45) is 0 Å². The number of piperidine rings is 1. The van der Waals surface area contributed by atoms with Gasteiger partial charge in [-0.25, -0.2) is 4.79 Å². The molecule has 1 unspecified atom stereocenters. The molecule has 1 aromatic carbocycles. The molecule has 0 aromatic heterocycles. The minimum Gasteiger partial charge on any atom is -0.493 e. The number of hydrogen-bond donors (Lipinski definition) is 1. The number of thioether (sulfide) groups is 1. The van der Waals surface area contributed by atoms with Crippen molar-refractivity contribution in [2.45, 2.75) is 38.3 Å². The van der Waals surface area contributed by atoms with Crippen LogP contribution >= 0.6 is 11.8 Å². The summed E-state index contributed by atoms with van der Waals surface area (Å²) < 4.78 is 16.3. The maximum Gasteiger partial charge on any atom is 0.328 e. The van der Waals surface area contributed by atoms with Crippen LogP contribution in [0.5, 0.6) is 11.5 Å². The molecular weight excluding hydrogens is 408 g/mol. The highest BCUT2D eigenvalue weighted by molar-refractivity contribution is 7.98. The van der Waals surface area contributed by atoms with Crippen molar-refractivity contribution >= 4 is 29.5 Å². The summed E-state index contributed by atoms with van der Waals surface area (Å²) in [6.45, 7) is 2.89. The van der Waals surface area contributed by atoms with Gasteiger partial charge in [0.25, 0.3) is 5.91 Å². The van der Waals surface area contributed by atoms with Crippen LogP contribution in [0.25, 0.3) is 0 Å². The highest BCUT2D eigenvalue weighted by Gasteiger charge is 2.25. The summed E-state index contributed by atoms with van der Waals surface area (Å²) in [5.41, 5.74) is 0.364. The van der Waals surface area contributed by atoms with Crippen LogP contribution in [0.2, 0.25) is 0 Å². The summed E-state index contributed by atoms with van der Waals surface area (Å²) in [6, 6.07) is 4.22. The number of amides is 2. The Bertz CT molecular complexity index is 749. The van der Waals surface area contributed by atoms with E-state index in [1.54, 1.807) is 41.8 Å². The summed E-state index contributed by atoms with van der Waals surface area (Å²) in [7, 11) is 2.81. The third kappa shape index (κ3) is 6.55. The number of benzene rings is 1. The Hall–Kier alpha value is -2.42. The monoisotopic (exact) mass is 438 g/mol. The Kier molecular flexibility index (Phi) is 9.29. The van der Waals surface area contributed by atoms with Gasteiger partial charge in [-0.3, -0.25) is 9.59 Å². The molecule has 1 aliphatic heterocycles. The van der Waals surface area contributed by atoms with Crippen molar-refractivity contribution < 1.29 is 28.6 Å². The highest BCUT2D eigenvalue weighted by Crippen LogP contribution is 2.30. The quantitative estimate of drug-likeness (QED) is 0.590. The molecule has 1 fully saturated rings. The number of nitrogens with zero attached hydrogens (tertiary/aromatic N) is 1. The van der Waals surface area contributed by atoms with Gasteiger partial charge in [-0.2, -0.15) is 11.8 Å². The summed E-state index contributed by atoms with van der Waals surface area (Å²) >= 11 is 1.59. The zero-order valence-corrected chi connectivity index (χ0v) is 18.8. The van der Waals surface area contributed by atoms with Crippen molar-refractivity contribution in [1.29, 1.82) is 0 Å². The fourth-order valence-electron chi connectivity index (χ4n) is 3.24. The van der Waals surface area contributed by atoms with Crippen molar-refractivity contribution in [3.63, 3.8) is 0 Å². The summed E-state index contributed by atoms with van der Waals surface area (Å²) in [5, 5.41) is 2.73. The molecule has 1 N–H and O–H groups in total. The van der Waals surface area contributed by atoms with E-state index in [4.69, 9.17) is 14.2 Å². The Morgan fingerprint density at radius 1 is 1.20 bits per heavy atom. The number of rotatable bonds is 9. The van der Waals surface area contributed by atoms with Crippen LogP contribution in [-0.4, -0.2) is 74.1 Å². The fourth-order valence-corrected chi connectivity index (χ4v) is 3.71. The molecule has 2 rings (SSSR count). The van der Waals surface area contributed by atoms with Crippen LogP contribution in [0, 0.1) is 0 Å². The molecule has 1 aromatic rings. The summed E-state index contributed by atoms with van der Waals surface area (Å²) in [6.07, 6.45) is 3.87. The van der Waals surface area contributed by atoms with Gasteiger partial charge in [-0.15, -0.1) is 0 Å². The number of hydrogen-bond acceptors (Lipinski definition) is 7. The lowest BCUT2D eigenvalue weighted by Gasteiger charge is -2.31. The van der Waals surface area contributed by atoms with Gasteiger partial charge < -0.3 is 24.4 Å². The Labute approximate surface area is 181 Å². The summed E-state index contributed by atoms with van der Waals surface area (Å²) in [5.74, 6) is 0.924. The minimum absolute atomic E-state index is 0.0237. The second kappa shape index (κ2) is 11.7. The average Bonchev–Trinajstić information content (AvgIpc) is 2.76. The molecule has 1 atom stereocenters. The van der Waals surface area contributed by atoms with E-state index in [2.05, 4.69) is 5.32 Å². The number of methoxy groups -OCH3 is 2. The zero-order valence-electron chi connectivity index (χ0n) is 17.9. The molecule has 0 radical (unpaired) electrons. The number of carbonyl (C=O) groups excluding carboxylic acids is 3. The fraction of sp³-hybridized carbons (Fsp3) is 0.571. The summed E-state index contributed by atoms with van der Waals surface area (Å²) in [4.78, 5) is 37.8. The third-order valence-corrected chi connectivity index (χ3v) is 5.65. The lowest BCUT2D eigenvalue weighted by Crippen LogP contribution is -2.42. The predicted molar refractivity (Wildman–Crippen MR) is 115 cm³/mol. The van der Waals surface area contributed by atoms with Crippen LogP contribution in [0.15, 0.2) is 18.2 Å². The molecule has 0 aliphatic carbocycles. The van der Waals surface area contributed by atoms with Gasteiger partial charge in [0, 0.05) is 38.4 Å². The van der Waals surface area contributed by atoms with E-state index in [0.29, 0.717) is 36.6 Å². The van der Waals surface area contributed by atoms with Crippen LogP contribution < -0.4 is 14.8 Å². The maximum absolute atomic E-state index is 12.6. The number of carbonyl (C=O) groups is 3. The van der Waals surface area contributed by atoms with E-state index in [-0.39, 0.29) is 17.9 Å². The van der Waals surface area contributed by atoms with Gasteiger partial charge >= 0.3 is 5.97 Å². The topological polar surface area (TPSA) is 94.2 Å². The van der Waals surface area contributed by atoms with Crippen LogP contribution in [-0.2, 0) is 14.3 Å². The molecule has 0 spiro atoms. The first kappa shape index (κ1) is 23.9. The molecule has 166 valence electrons. The first-order chi connectivity index (χ1) is 14.4. The van der Waals surface area contributed by atoms with Crippen LogP contribution in [0.1, 0.15) is 36.5 Å². The van der Waals surface area contributed by atoms with Crippen molar-refractivity contribution in [1.82, 2.24) is 10.2 Å². The SMILES string of the molecule is COC(=O)C(CCSC)NC(=O)c1ccc(OC2CCN(C(C)=O)CC2)c(OC)c1. The first-order valence-corrected chi connectivity index (χ1v) is 11.3. The molecule has 0 saturated carbocycles. The van der Waals surface area contributed by atoms with Crippen molar-refractivity contribution in [3.8, 4) is 11.5 Å². The van der Waals surface area contributed by atoms with E-state index in [1.807, 2.05) is 6.26 Å². The molecule has 1 saturated heterocycles. The van der Waals surface area contributed by atoms with Gasteiger partial charge in [0.15, 0.2) is 11.5 Å². The van der Waals surface area contributed by atoms with E-state index in [1.165, 1.54) is 14.2 Å². The Morgan fingerprint density at radius 3 is 2.47 bits per heavy atom. The number of likely N-dealkylation sites (tertiary alicyclic amines) is 1. The molecule has 2 amide bonds.